The van der Waals surface area contributed by atoms with Gasteiger partial charge in [0, 0.05) is 18.7 Å². The number of nitrogens with zero attached hydrogens (tertiary/aromatic N) is 1. The number of ether oxygens (including phenoxy) is 2. The molecule has 0 spiro atoms. The minimum atomic E-state index is -4.22. The number of hydrogen-bond donors (Lipinski definition) is 3. The number of hydrogen-bond acceptors (Lipinski definition) is 5. The van der Waals surface area contributed by atoms with Crippen LogP contribution in [-0.4, -0.2) is 38.4 Å². The summed E-state index contributed by atoms with van der Waals surface area (Å²) in [5.41, 5.74) is -1.11. The Balaban J connectivity index is 2.00. The Morgan fingerprint density at radius 3 is 2.89 bits per heavy atom. The van der Waals surface area contributed by atoms with E-state index >= 15 is 0 Å². The van der Waals surface area contributed by atoms with Gasteiger partial charge >= 0.3 is 13.3 Å². The highest BCUT2D eigenvalue weighted by Gasteiger charge is 2.29. The second-order valence-corrected chi connectivity index (χ2v) is 5.71. The normalized spacial score (nSPS) is 23.7. The molecule has 0 radical (unpaired) electrons. The highest BCUT2D eigenvalue weighted by atomic mass is 31.2. The molecule has 0 unspecified atom stereocenters. The lowest BCUT2D eigenvalue weighted by Gasteiger charge is -2.12. The maximum Gasteiger partial charge on any atom is 0.350 e. The first-order chi connectivity index (χ1) is 8.85. The molecule has 106 valence electrons. The molecule has 1 aliphatic rings. The van der Waals surface area contributed by atoms with Gasteiger partial charge in [-0.1, -0.05) is 0 Å². The maximum atomic E-state index is 11.5. The molecule has 0 aliphatic carbocycles. The lowest BCUT2D eigenvalue weighted by molar-refractivity contribution is 0.0325. The second kappa shape index (κ2) is 5.40. The molecule has 2 rings (SSSR count). The number of aromatic amines is 1. The monoisotopic (exact) mass is 292 g/mol. The fourth-order valence-corrected chi connectivity index (χ4v) is 2.15. The molecule has 9 nitrogen and oxygen atoms in total. The fourth-order valence-electron chi connectivity index (χ4n) is 1.75. The Kier molecular flexibility index (Phi) is 4.02. The third-order valence-electron chi connectivity index (χ3n) is 2.58. The molecule has 0 bridgehead atoms. The summed E-state index contributed by atoms with van der Waals surface area (Å²) < 4.78 is 22.2. The van der Waals surface area contributed by atoms with E-state index in [1.54, 1.807) is 0 Å². The number of rotatable bonds is 4. The summed E-state index contributed by atoms with van der Waals surface area (Å²) in [6.45, 7) is 0.121. The average molecular weight is 292 g/mol. The van der Waals surface area contributed by atoms with Crippen LogP contribution in [0.5, 0.6) is 0 Å². The van der Waals surface area contributed by atoms with Crippen molar-refractivity contribution in [2.75, 3.05) is 13.0 Å². The Hall–Kier alpha value is -1.25. The highest BCUT2D eigenvalue weighted by molar-refractivity contribution is 7.51. The summed E-state index contributed by atoms with van der Waals surface area (Å²) >= 11 is 0. The van der Waals surface area contributed by atoms with Gasteiger partial charge in [-0.25, -0.2) is 4.79 Å². The van der Waals surface area contributed by atoms with Crippen molar-refractivity contribution in [1.29, 1.82) is 0 Å². The summed E-state index contributed by atoms with van der Waals surface area (Å²) in [7, 11) is -4.22. The molecule has 19 heavy (non-hydrogen) atoms. The van der Waals surface area contributed by atoms with Crippen LogP contribution in [0.2, 0.25) is 0 Å². The SMILES string of the molecule is O=c1ccn([C@H]2C[C@@H](OCP(=O)(O)O)CO2)c(=O)[nH]1. The molecule has 0 amide bonds. The van der Waals surface area contributed by atoms with E-state index < -0.39 is 37.5 Å². The smallest absolute Gasteiger partial charge is 0.350 e. The van der Waals surface area contributed by atoms with Gasteiger partial charge in [0.25, 0.3) is 5.56 Å². The molecule has 1 saturated heterocycles. The molecule has 1 aromatic heterocycles. The van der Waals surface area contributed by atoms with E-state index in [2.05, 4.69) is 4.98 Å². The van der Waals surface area contributed by atoms with E-state index in [4.69, 9.17) is 19.3 Å². The Morgan fingerprint density at radius 1 is 1.53 bits per heavy atom. The van der Waals surface area contributed by atoms with Crippen molar-refractivity contribution in [2.24, 2.45) is 0 Å². The fraction of sp³-hybridized carbons (Fsp3) is 0.556. The Morgan fingerprint density at radius 2 is 2.26 bits per heavy atom. The van der Waals surface area contributed by atoms with Crippen LogP contribution in [-0.2, 0) is 14.0 Å². The zero-order valence-electron chi connectivity index (χ0n) is 9.76. The summed E-state index contributed by atoms with van der Waals surface area (Å²) in [6.07, 6.45) is -0.236. The first kappa shape index (κ1) is 14.2. The van der Waals surface area contributed by atoms with Gasteiger partial charge in [0.2, 0.25) is 0 Å². The Bertz CT molecular complexity index is 603. The molecule has 0 aromatic carbocycles. The van der Waals surface area contributed by atoms with Crippen molar-refractivity contribution < 1.29 is 23.8 Å². The standard InChI is InChI=1S/C9H13N2O7P/c12-7-1-2-11(9(13)10-7)8-3-6(4-17-8)18-5-19(14,15)16/h1-2,6,8H,3-5H2,(H,10,12,13)(H2,14,15,16)/t6-,8-/m1/s1. The molecule has 2 heterocycles. The summed E-state index contributed by atoms with van der Waals surface area (Å²) in [4.78, 5) is 41.9. The average Bonchev–Trinajstić information content (AvgIpc) is 2.74. The highest BCUT2D eigenvalue weighted by Crippen LogP contribution is 2.36. The van der Waals surface area contributed by atoms with Gasteiger partial charge < -0.3 is 19.3 Å². The third kappa shape index (κ3) is 3.85. The first-order valence-electron chi connectivity index (χ1n) is 5.44. The van der Waals surface area contributed by atoms with Crippen LogP contribution in [0.15, 0.2) is 21.9 Å². The molecule has 10 heteroatoms. The van der Waals surface area contributed by atoms with Crippen molar-refractivity contribution >= 4 is 7.60 Å². The molecule has 2 atom stereocenters. The zero-order chi connectivity index (χ0) is 14.0. The minimum absolute atomic E-state index is 0.121. The van der Waals surface area contributed by atoms with E-state index in [0.29, 0.717) is 0 Å². The lowest BCUT2D eigenvalue weighted by atomic mass is 10.3. The number of aromatic nitrogens is 2. The second-order valence-electron chi connectivity index (χ2n) is 4.12. The van der Waals surface area contributed by atoms with Crippen LogP contribution in [0.4, 0.5) is 0 Å². The van der Waals surface area contributed by atoms with Crippen LogP contribution in [0.3, 0.4) is 0 Å². The van der Waals surface area contributed by atoms with Crippen LogP contribution >= 0.6 is 7.60 Å². The predicted octanol–water partition coefficient (Wildman–Crippen LogP) is -1.02. The van der Waals surface area contributed by atoms with Gasteiger partial charge in [-0.3, -0.25) is 18.9 Å². The van der Waals surface area contributed by atoms with Crippen LogP contribution in [0.1, 0.15) is 12.6 Å². The van der Waals surface area contributed by atoms with Gasteiger partial charge in [-0.15, -0.1) is 0 Å². The van der Waals surface area contributed by atoms with Crippen LogP contribution in [0, 0.1) is 0 Å². The van der Waals surface area contributed by atoms with E-state index in [-0.39, 0.29) is 13.0 Å². The summed E-state index contributed by atoms with van der Waals surface area (Å²) in [5.74, 6) is 0. The van der Waals surface area contributed by atoms with E-state index in [0.717, 1.165) is 0 Å². The van der Waals surface area contributed by atoms with E-state index in [9.17, 15) is 14.2 Å². The molecule has 0 saturated carbocycles. The van der Waals surface area contributed by atoms with E-state index in [1.807, 2.05) is 0 Å². The largest absolute Gasteiger partial charge is 0.363 e. The van der Waals surface area contributed by atoms with Crippen molar-refractivity contribution in [1.82, 2.24) is 9.55 Å². The topological polar surface area (TPSA) is 131 Å². The van der Waals surface area contributed by atoms with Gasteiger partial charge in [0.1, 0.15) is 12.6 Å². The summed E-state index contributed by atoms with van der Waals surface area (Å²) in [5, 5.41) is 0. The van der Waals surface area contributed by atoms with Crippen molar-refractivity contribution in [3.8, 4) is 0 Å². The quantitative estimate of drug-likeness (QED) is 0.605. The molecule has 1 fully saturated rings. The van der Waals surface area contributed by atoms with Crippen LogP contribution in [0.25, 0.3) is 0 Å². The molecular weight excluding hydrogens is 279 g/mol. The van der Waals surface area contributed by atoms with Crippen LogP contribution < -0.4 is 11.2 Å². The van der Waals surface area contributed by atoms with Gasteiger partial charge in [0.15, 0.2) is 0 Å². The predicted molar refractivity (Wildman–Crippen MR) is 62.7 cm³/mol. The van der Waals surface area contributed by atoms with Gasteiger partial charge in [0.05, 0.1) is 12.7 Å². The van der Waals surface area contributed by atoms with Crippen molar-refractivity contribution in [2.45, 2.75) is 18.8 Å². The molecule has 1 aromatic rings. The lowest BCUT2D eigenvalue weighted by Crippen LogP contribution is -2.31. The van der Waals surface area contributed by atoms with Gasteiger partial charge in [-0.05, 0) is 0 Å². The summed E-state index contributed by atoms with van der Waals surface area (Å²) in [6, 6.07) is 1.19. The molecule has 1 aliphatic heterocycles. The minimum Gasteiger partial charge on any atom is -0.363 e. The van der Waals surface area contributed by atoms with Gasteiger partial charge in [-0.2, -0.15) is 0 Å². The van der Waals surface area contributed by atoms with E-state index in [1.165, 1.54) is 16.8 Å². The van der Waals surface area contributed by atoms with Crippen molar-refractivity contribution in [3.63, 3.8) is 0 Å². The Labute approximate surface area is 107 Å². The zero-order valence-corrected chi connectivity index (χ0v) is 10.7. The van der Waals surface area contributed by atoms with Crippen molar-refractivity contribution in [3.05, 3.63) is 33.1 Å². The maximum absolute atomic E-state index is 11.5. The molecular formula is C9H13N2O7P. The number of nitrogens with one attached hydrogen (secondary N) is 1. The molecule has 3 N–H and O–H groups in total. The third-order valence-corrected chi connectivity index (χ3v) is 3.06. The first-order valence-corrected chi connectivity index (χ1v) is 7.24. The number of H-pyrrole nitrogens is 1.